The first-order valence-corrected chi connectivity index (χ1v) is 7.09. The summed E-state index contributed by atoms with van der Waals surface area (Å²) in [5, 5.41) is 11.0. The van der Waals surface area contributed by atoms with Crippen molar-refractivity contribution in [1.29, 1.82) is 0 Å². The van der Waals surface area contributed by atoms with E-state index in [0.29, 0.717) is 12.2 Å². The summed E-state index contributed by atoms with van der Waals surface area (Å²) < 4.78 is 0. The number of rotatable bonds is 8. The monoisotopic (exact) mass is 264 g/mol. The SMILES string of the molecule is CCCNC(=O)c1ccc(N(CCC)CCC)nn1. The van der Waals surface area contributed by atoms with Crippen molar-refractivity contribution in [3.63, 3.8) is 0 Å². The molecule has 0 aliphatic carbocycles. The summed E-state index contributed by atoms with van der Waals surface area (Å²) in [6, 6.07) is 3.62. The number of nitrogens with zero attached hydrogens (tertiary/aromatic N) is 3. The van der Waals surface area contributed by atoms with Crippen molar-refractivity contribution >= 4 is 11.7 Å². The Kier molecular flexibility index (Phi) is 6.85. The van der Waals surface area contributed by atoms with Gasteiger partial charge in [-0.15, -0.1) is 10.2 Å². The third-order valence-corrected chi connectivity index (χ3v) is 2.73. The normalized spacial score (nSPS) is 10.3. The maximum atomic E-state index is 11.7. The molecule has 1 aromatic rings. The van der Waals surface area contributed by atoms with Gasteiger partial charge >= 0.3 is 0 Å². The van der Waals surface area contributed by atoms with Gasteiger partial charge < -0.3 is 10.2 Å². The van der Waals surface area contributed by atoms with Gasteiger partial charge in [0.05, 0.1) is 0 Å². The fraction of sp³-hybridized carbons (Fsp3) is 0.643. The second kappa shape index (κ2) is 8.45. The molecule has 106 valence electrons. The molecular formula is C14H24N4O. The average molecular weight is 264 g/mol. The Morgan fingerprint density at radius 3 is 2.26 bits per heavy atom. The van der Waals surface area contributed by atoms with Gasteiger partial charge in [0.2, 0.25) is 0 Å². The zero-order valence-corrected chi connectivity index (χ0v) is 12.1. The second-order valence-corrected chi connectivity index (χ2v) is 4.52. The van der Waals surface area contributed by atoms with E-state index in [2.05, 4.69) is 34.3 Å². The van der Waals surface area contributed by atoms with Crippen molar-refractivity contribution in [1.82, 2.24) is 15.5 Å². The van der Waals surface area contributed by atoms with Gasteiger partial charge in [-0.25, -0.2) is 0 Å². The van der Waals surface area contributed by atoms with Gasteiger partial charge in [0.1, 0.15) is 0 Å². The van der Waals surface area contributed by atoms with E-state index in [1.54, 1.807) is 6.07 Å². The van der Waals surface area contributed by atoms with Gasteiger partial charge in [0.25, 0.3) is 5.91 Å². The maximum Gasteiger partial charge on any atom is 0.271 e. The molecule has 1 rings (SSSR count). The predicted octanol–water partition coefficient (Wildman–Crippen LogP) is 2.24. The molecule has 0 bridgehead atoms. The van der Waals surface area contributed by atoms with Crippen LogP contribution in [0.5, 0.6) is 0 Å². The number of hydrogen-bond acceptors (Lipinski definition) is 4. The number of carbonyl (C=O) groups excluding carboxylic acids is 1. The van der Waals surface area contributed by atoms with Crippen LogP contribution in [0.25, 0.3) is 0 Å². The molecule has 0 saturated carbocycles. The molecule has 0 saturated heterocycles. The molecule has 19 heavy (non-hydrogen) atoms. The van der Waals surface area contributed by atoms with Gasteiger partial charge in [-0.2, -0.15) is 0 Å². The molecule has 1 heterocycles. The van der Waals surface area contributed by atoms with Crippen molar-refractivity contribution in [3.8, 4) is 0 Å². The highest BCUT2D eigenvalue weighted by Gasteiger charge is 2.10. The van der Waals surface area contributed by atoms with Crippen LogP contribution >= 0.6 is 0 Å². The molecule has 5 nitrogen and oxygen atoms in total. The molecule has 1 amide bonds. The van der Waals surface area contributed by atoms with Gasteiger partial charge in [-0.3, -0.25) is 4.79 Å². The maximum absolute atomic E-state index is 11.7. The van der Waals surface area contributed by atoms with Crippen molar-refractivity contribution in [2.75, 3.05) is 24.5 Å². The molecule has 0 aliphatic rings. The summed E-state index contributed by atoms with van der Waals surface area (Å²) in [5.74, 6) is 0.689. The Morgan fingerprint density at radius 1 is 1.11 bits per heavy atom. The molecule has 0 aliphatic heterocycles. The lowest BCUT2D eigenvalue weighted by atomic mass is 10.3. The van der Waals surface area contributed by atoms with Gasteiger partial charge in [-0.05, 0) is 31.4 Å². The minimum atomic E-state index is -0.154. The van der Waals surface area contributed by atoms with E-state index in [9.17, 15) is 4.79 Å². The van der Waals surface area contributed by atoms with Gasteiger partial charge in [0, 0.05) is 19.6 Å². The molecule has 5 heteroatoms. The number of anilines is 1. The highest BCUT2D eigenvalue weighted by Crippen LogP contribution is 2.10. The average Bonchev–Trinajstić information content (AvgIpc) is 2.44. The molecular weight excluding hydrogens is 240 g/mol. The number of aromatic nitrogens is 2. The quantitative estimate of drug-likeness (QED) is 0.782. The molecule has 1 aromatic heterocycles. The molecule has 0 radical (unpaired) electrons. The lowest BCUT2D eigenvalue weighted by Gasteiger charge is -2.21. The first kappa shape index (κ1) is 15.4. The topological polar surface area (TPSA) is 58.1 Å². The van der Waals surface area contributed by atoms with E-state index in [1.807, 2.05) is 13.0 Å². The number of hydrogen-bond donors (Lipinski definition) is 1. The molecule has 0 atom stereocenters. The Bertz CT molecular complexity index is 372. The van der Waals surface area contributed by atoms with Crippen LogP contribution in [0.3, 0.4) is 0 Å². The van der Waals surface area contributed by atoms with Gasteiger partial charge in [0.15, 0.2) is 11.5 Å². The van der Waals surface area contributed by atoms with Crippen LogP contribution in [0.15, 0.2) is 12.1 Å². The number of nitrogens with one attached hydrogen (secondary N) is 1. The summed E-state index contributed by atoms with van der Waals surface area (Å²) >= 11 is 0. The van der Waals surface area contributed by atoms with Crippen LogP contribution in [0.1, 0.15) is 50.5 Å². The van der Waals surface area contributed by atoms with E-state index < -0.39 is 0 Å². The van der Waals surface area contributed by atoms with Crippen LogP contribution in [0.4, 0.5) is 5.82 Å². The van der Waals surface area contributed by atoms with Crippen molar-refractivity contribution < 1.29 is 4.79 Å². The predicted molar refractivity (Wildman–Crippen MR) is 77.5 cm³/mol. The van der Waals surface area contributed by atoms with Crippen LogP contribution < -0.4 is 10.2 Å². The minimum absolute atomic E-state index is 0.154. The Hall–Kier alpha value is -1.65. The number of carbonyl (C=O) groups is 1. The van der Waals surface area contributed by atoms with E-state index >= 15 is 0 Å². The third-order valence-electron chi connectivity index (χ3n) is 2.73. The second-order valence-electron chi connectivity index (χ2n) is 4.52. The lowest BCUT2D eigenvalue weighted by molar-refractivity contribution is 0.0947. The Morgan fingerprint density at radius 2 is 1.79 bits per heavy atom. The molecule has 0 spiro atoms. The van der Waals surface area contributed by atoms with Crippen molar-refractivity contribution in [2.45, 2.75) is 40.0 Å². The van der Waals surface area contributed by atoms with Crippen molar-refractivity contribution in [3.05, 3.63) is 17.8 Å². The fourth-order valence-electron chi connectivity index (χ4n) is 1.82. The molecule has 1 N–H and O–H groups in total. The molecule has 0 unspecified atom stereocenters. The summed E-state index contributed by atoms with van der Waals surface area (Å²) in [6.45, 7) is 8.89. The Balaban J connectivity index is 2.70. The smallest absolute Gasteiger partial charge is 0.271 e. The zero-order chi connectivity index (χ0) is 14.1. The zero-order valence-electron chi connectivity index (χ0n) is 12.1. The first-order valence-electron chi connectivity index (χ1n) is 7.09. The fourth-order valence-corrected chi connectivity index (χ4v) is 1.82. The third kappa shape index (κ3) is 4.85. The summed E-state index contributed by atoms with van der Waals surface area (Å²) in [4.78, 5) is 13.9. The molecule has 0 fully saturated rings. The standard InChI is InChI=1S/C14H24N4O/c1-4-9-15-14(19)12-7-8-13(17-16-12)18(10-5-2)11-6-3/h7-8H,4-6,9-11H2,1-3H3,(H,15,19). The Labute approximate surface area is 115 Å². The highest BCUT2D eigenvalue weighted by atomic mass is 16.1. The van der Waals surface area contributed by atoms with Crippen LogP contribution in [0.2, 0.25) is 0 Å². The van der Waals surface area contributed by atoms with E-state index in [1.165, 1.54) is 0 Å². The van der Waals surface area contributed by atoms with E-state index in [0.717, 1.165) is 38.2 Å². The van der Waals surface area contributed by atoms with Crippen LogP contribution in [-0.2, 0) is 0 Å². The van der Waals surface area contributed by atoms with Crippen LogP contribution in [0, 0.1) is 0 Å². The van der Waals surface area contributed by atoms with Gasteiger partial charge in [-0.1, -0.05) is 20.8 Å². The van der Waals surface area contributed by atoms with Crippen molar-refractivity contribution in [2.24, 2.45) is 0 Å². The summed E-state index contributed by atoms with van der Waals surface area (Å²) in [7, 11) is 0. The molecule has 0 aromatic carbocycles. The number of amides is 1. The lowest BCUT2D eigenvalue weighted by Crippen LogP contribution is -2.28. The summed E-state index contributed by atoms with van der Waals surface area (Å²) in [6.07, 6.45) is 3.05. The van der Waals surface area contributed by atoms with Crippen LogP contribution in [-0.4, -0.2) is 35.7 Å². The minimum Gasteiger partial charge on any atom is -0.355 e. The first-order chi connectivity index (χ1) is 9.22. The van der Waals surface area contributed by atoms with E-state index in [4.69, 9.17) is 0 Å². The largest absolute Gasteiger partial charge is 0.355 e. The summed E-state index contributed by atoms with van der Waals surface area (Å²) in [5.41, 5.74) is 0.380. The highest BCUT2D eigenvalue weighted by molar-refractivity contribution is 5.92. The van der Waals surface area contributed by atoms with E-state index in [-0.39, 0.29) is 5.91 Å².